The van der Waals surface area contributed by atoms with Gasteiger partial charge >= 0.3 is 0 Å². The second-order valence-electron chi connectivity index (χ2n) is 7.40. The van der Waals surface area contributed by atoms with Crippen molar-refractivity contribution in [3.05, 3.63) is 34.5 Å². The summed E-state index contributed by atoms with van der Waals surface area (Å²) >= 11 is 1.48. The number of ether oxygens (including phenoxy) is 2. The molecule has 28 heavy (non-hydrogen) atoms. The maximum Gasteiger partial charge on any atom is 0.230 e. The third kappa shape index (κ3) is 3.31. The van der Waals surface area contributed by atoms with Gasteiger partial charge in [0.05, 0.1) is 25.1 Å². The maximum absolute atomic E-state index is 11.0. The van der Waals surface area contributed by atoms with Crippen molar-refractivity contribution in [2.24, 2.45) is 5.92 Å². The number of benzene rings is 1. The Morgan fingerprint density at radius 3 is 2.79 bits per heavy atom. The number of rotatable bonds is 5. The average Bonchev–Trinajstić information content (AvgIpc) is 3.19. The number of aryl methyl sites for hydroxylation is 1. The summed E-state index contributed by atoms with van der Waals surface area (Å²) in [6.45, 7) is 6.02. The fourth-order valence-electron chi connectivity index (χ4n) is 4.04. The Labute approximate surface area is 168 Å². The Morgan fingerprint density at radius 2 is 2.11 bits per heavy atom. The number of fused-ring (bicyclic) bond motifs is 1. The van der Waals surface area contributed by atoms with Gasteiger partial charge in [-0.1, -0.05) is 18.3 Å². The summed E-state index contributed by atoms with van der Waals surface area (Å²) in [5, 5.41) is 15.3. The van der Waals surface area contributed by atoms with Gasteiger partial charge in [0.2, 0.25) is 10.8 Å². The fraction of sp³-hybridized carbons (Fsp3) is 0.500. The van der Waals surface area contributed by atoms with Crippen molar-refractivity contribution in [3.8, 4) is 17.4 Å². The van der Waals surface area contributed by atoms with Crippen LogP contribution < -0.4 is 9.47 Å². The number of methoxy groups -OCH3 is 2. The van der Waals surface area contributed by atoms with Crippen LogP contribution in [0.4, 0.5) is 0 Å². The highest BCUT2D eigenvalue weighted by molar-refractivity contribution is 7.17. The van der Waals surface area contributed by atoms with Crippen molar-refractivity contribution < 1.29 is 14.6 Å². The normalized spacial score (nSPS) is 19.1. The van der Waals surface area contributed by atoms with Crippen LogP contribution in [0.5, 0.6) is 17.4 Å². The molecule has 2 aromatic heterocycles. The highest BCUT2D eigenvalue weighted by Gasteiger charge is 2.33. The summed E-state index contributed by atoms with van der Waals surface area (Å²) in [6, 6.07) is 5.67. The molecule has 0 radical (unpaired) electrons. The Morgan fingerprint density at radius 1 is 1.29 bits per heavy atom. The number of nitrogens with zero attached hydrogens (tertiary/aromatic N) is 4. The van der Waals surface area contributed by atoms with Crippen LogP contribution in [0.1, 0.15) is 42.1 Å². The highest BCUT2D eigenvalue weighted by Crippen LogP contribution is 2.44. The molecule has 0 saturated carbocycles. The predicted molar refractivity (Wildman–Crippen MR) is 109 cm³/mol. The largest absolute Gasteiger partial charge is 0.497 e. The standard InChI is InChI=1S/C20H26N4O3S/c1-12-6-5-9-23(11-12)17(15-10-14(26-3)7-8-16(15)27-4)18-19(25)24-20(28-18)21-13(2)22-24/h7-8,10,12,17,25H,5-6,9,11H2,1-4H3/t12-,17+/m0/s1. The van der Waals surface area contributed by atoms with Crippen molar-refractivity contribution in [1.29, 1.82) is 0 Å². The van der Waals surface area contributed by atoms with Crippen molar-refractivity contribution in [2.45, 2.75) is 32.7 Å². The number of hydrogen-bond donors (Lipinski definition) is 1. The molecule has 150 valence electrons. The molecule has 1 aromatic carbocycles. The number of thiazole rings is 1. The fourth-order valence-corrected chi connectivity index (χ4v) is 5.20. The van der Waals surface area contributed by atoms with Gasteiger partial charge in [0, 0.05) is 12.1 Å². The summed E-state index contributed by atoms with van der Waals surface area (Å²) in [4.78, 5) is 8.39. The summed E-state index contributed by atoms with van der Waals surface area (Å²) in [5.74, 6) is 2.93. The molecule has 3 aromatic rings. The first kappa shape index (κ1) is 19.0. The first-order valence-electron chi connectivity index (χ1n) is 9.52. The van der Waals surface area contributed by atoms with E-state index in [0.29, 0.717) is 16.7 Å². The van der Waals surface area contributed by atoms with Gasteiger partial charge in [-0.25, -0.2) is 4.98 Å². The third-order valence-electron chi connectivity index (χ3n) is 5.34. The van der Waals surface area contributed by atoms with Gasteiger partial charge in [-0.05, 0) is 50.4 Å². The van der Waals surface area contributed by atoms with E-state index in [-0.39, 0.29) is 11.9 Å². The molecule has 0 amide bonds. The van der Waals surface area contributed by atoms with Crippen molar-refractivity contribution in [1.82, 2.24) is 19.5 Å². The van der Waals surface area contributed by atoms with Crippen LogP contribution >= 0.6 is 11.3 Å². The Hall–Kier alpha value is -2.32. The number of likely N-dealkylation sites (tertiary alicyclic amines) is 1. The van der Waals surface area contributed by atoms with E-state index in [1.165, 1.54) is 22.3 Å². The zero-order valence-electron chi connectivity index (χ0n) is 16.7. The monoisotopic (exact) mass is 402 g/mol. The lowest BCUT2D eigenvalue weighted by molar-refractivity contribution is 0.147. The molecule has 4 rings (SSSR count). The summed E-state index contributed by atoms with van der Waals surface area (Å²) in [6.07, 6.45) is 2.35. The van der Waals surface area contributed by atoms with E-state index in [1.54, 1.807) is 14.2 Å². The first-order chi connectivity index (χ1) is 13.5. The molecule has 1 saturated heterocycles. The van der Waals surface area contributed by atoms with Gasteiger partial charge in [-0.15, -0.1) is 5.10 Å². The van der Waals surface area contributed by atoms with E-state index in [1.807, 2.05) is 25.1 Å². The van der Waals surface area contributed by atoms with E-state index < -0.39 is 0 Å². The molecule has 1 N–H and O–H groups in total. The van der Waals surface area contributed by atoms with E-state index in [2.05, 4.69) is 21.9 Å². The van der Waals surface area contributed by atoms with E-state index in [9.17, 15) is 5.11 Å². The predicted octanol–water partition coefficient (Wildman–Crippen LogP) is 3.64. The zero-order valence-corrected chi connectivity index (χ0v) is 17.5. The molecule has 3 heterocycles. The first-order valence-corrected chi connectivity index (χ1v) is 10.3. The second kappa shape index (κ2) is 7.60. The third-order valence-corrected chi connectivity index (χ3v) is 6.41. The molecule has 0 aliphatic carbocycles. The lowest BCUT2D eigenvalue weighted by atomic mass is 9.95. The molecule has 1 fully saturated rings. The molecule has 0 unspecified atom stereocenters. The van der Waals surface area contributed by atoms with Crippen LogP contribution in [0.25, 0.3) is 4.96 Å². The highest BCUT2D eigenvalue weighted by atomic mass is 32.1. The lowest BCUT2D eigenvalue weighted by Gasteiger charge is -2.37. The minimum Gasteiger partial charge on any atom is -0.497 e. The van der Waals surface area contributed by atoms with Gasteiger partial charge in [0.15, 0.2) is 0 Å². The molecular formula is C20H26N4O3S. The average molecular weight is 403 g/mol. The quantitative estimate of drug-likeness (QED) is 0.702. The van der Waals surface area contributed by atoms with Gasteiger partial charge in [0.1, 0.15) is 17.3 Å². The van der Waals surface area contributed by atoms with E-state index in [0.717, 1.165) is 41.4 Å². The van der Waals surface area contributed by atoms with Crippen molar-refractivity contribution in [2.75, 3.05) is 27.3 Å². The molecule has 1 aliphatic heterocycles. The Balaban J connectivity index is 1.89. The van der Waals surface area contributed by atoms with Crippen LogP contribution in [0.3, 0.4) is 0 Å². The lowest BCUT2D eigenvalue weighted by Crippen LogP contribution is -2.37. The van der Waals surface area contributed by atoms with Gasteiger partial charge in [-0.2, -0.15) is 4.52 Å². The SMILES string of the molecule is COc1ccc(OC)c([C@H](c2sc3nc(C)nn3c2O)N2CCC[C@H](C)C2)c1. The van der Waals surface area contributed by atoms with Crippen LogP contribution in [0.2, 0.25) is 0 Å². The number of hydrogen-bond acceptors (Lipinski definition) is 7. The Kier molecular flexibility index (Phi) is 5.16. The molecule has 7 nitrogen and oxygen atoms in total. The molecule has 0 bridgehead atoms. The van der Waals surface area contributed by atoms with Crippen LogP contribution in [-0.2, 0) is 0 Å². The van der Waals surface area contributed by atoms with Gasteiger partial charge in [-0.3, -0.25) is 4.90 Å². The van der Waals surface area contributed by atoms with E-state index in [4.69, 9.17) is 9.47 Å². The number of aromatic hydroxyl groups is 1. The maximum atomic E-state index is 11.0. The number of aromatic nitrogens is 3. The van der Waals surface area contributed by atoms with Crippen molar-refractivity contribution in [3.63, 3.8) is 0 Å². The minimum atomic E-state index is -0.151. The molecule has 1 aliphatic rings. The van der Waals surface area contributed by atoms with Crippen LogP contribution in [0.15, 0.2) is 18.2 Å². The smallest absolute Gasteiger partial charge is 0.230 e. The van der Waals surface area contributed by atoms with Gasteiger partial charge < -0.3 is 14.6 Å². The molecule has 8 heteroatoms. The van der Waals surface area contributed by atoms with Gasteiger partial charge in [0.25, 0.3) is 0 Å². The van der Waals surface area contributed by atoms with E-state index >= 15 is 0 Å². The van der Waals surface area contributed by atoms with Crippen molar-refractivity contribution >= 4 is 16.3 Å². The van der Waals surface area contributed by atoms with Crippen LogP contribution in [0, 0.1) is 12.8 Å². The topological polar surface area (TPSA) is 72.1 Å². The zero-order chi connectivity index (χ0) is 19.8. The van der Waals surface area contributed by atoms with Crippen LogP contribution in [-0.4, -0.2) is 51.9 Å². The minimum absolute atomic E-state index is 0.147. The molecule has 2 atom stereocenters. The Bertz CT molecular complexity index is 983. The summed E-state index contributed by atoms with van der Waals surface area (Å²) in [5.41, 5.74) is 0.979. The summed E-state index contributed by atoms with van der Waals surface area (Å²) < 4.78 is 12.7. The second-order valence-corrected chi connectivity index (χ2v) is 8.41. The number of piperidine rings is 1. The molecule has 0 spiro atoms. The molecular weight excluding hydrogens is 376 g/mol. The summed E-state index contributed by atoms with van der Waals surface area (Å²) in [7, 11) is 3.33.